The van der Waals surface area contributed by atoms with Gasteiger partial charge in [0.05, 0.1) is 0 Å². The van der Waals surface area contributed by atoms with Crippen LogP contribution in [0.5, 0.6) is 0 Å². The number of fused-ring (bicyclic) bond motifs is 2. The number of rotatable bonds is 1. The van der Waals surface area contributed by atoms with Crippen LogP contribution in [0.25, 0.3) is 0 Å². The molecule has 2 aliphatic rings. The quantitative estimate of drug-likeness (QED) is 0.563. The van der Waals surface area contributed by atoms with Gasteiger partial charge in [-0.05, 0) is 25.4 Å². The minimum Gasteiger partial charge on any atom is -0.315 e. The first kappa shape index (κ1) is 6.62. The van der Waals surface area contributed by atoms with Crippen LogP contribution < -0.4 is 5.32 Å². The zero-order valence-corrected chi connectivity index (χ0v) is 6.64. The Kier molecular flexibility index (Phi) is 1.66. The molecule has 0 spiro atoms. The second kappa shape index (κ2) is 2.51. The van der Waals surface area contributed by atoms with E-state index in [1.807, 2.05) is 0 Å². The molecule has 0 aromatic rings. The van der Waals surface area contributed by atoms with Crippen molar-refractivity contribution in [1.29, 1.82) is 0 Å². The summed E-state index contributed by atoms with van der Waals surface area (Å²) in [5, 5.41) is 3.47. The molecule has 58 valence electrons. The Balaban J connectivity index is 2.01. The fourth-order valence-corrected chi connectivity index (χ4v) is 2.29. The Morgan fingerprint density at radius 2 is 2.40 bits per heavy atom. The Morgan fingerprint density at radius 3 is 3.10 bits per heavy atom. The molecule has 2 unspecified atom stereocenters. The molecule has 2 aliphatic heterocycles. The highest BCUT2D eigenvalue weighted by molar-refractivity contribution is 4.90. The van der Waals surface area contributed by atoms with E-state index >= 15 is 0 Å². The number of hydrogen-bond acceptors (Lipinski definition) is 2. The highest BCUT2D eigenvalue weighted by Gasteiger charge is 2.33. The predicted molar refractivity (Wildman–Crippen MR) is 42.0 cm³/mol. The van der Waals surface area contributed by atoms with Crippen LogP contribution in [0.1, 0.15) is 13.3 Å². The van der Waals surface area contributed by atoms with E-state index < -0.39 is 0 Å². The molecule has 2 fully saturated rings. The minimum absolute atomic E-state index is 0.865. The molecule has 1 N–H and O–H groups in total. The molecule has 2 rings (SSSR count). The molecule has 0 aliphatic carbocycles. The van der Waals surface area contributed by atoms with Crippen LogP contribution in [0.4, 0.5) is 0 Å². The van der Waals surface area contributed by atoms with Crippen LogP contribution >= 0.6 is 0 Å². The average Bonchev–Trinajstić information content (AvgIpc) is 2.26. The van der Waals surface area contributed by atoms with Crippen LogP contribution in [0.3, 0.4) is 0 Å². The standard InChI is InChI=1S/C8H16N2/c1-2-10-6-7-3-8(10)5-9-4-7/h7-9H,2-6H2,1H3. The van der Waals surface area contributed by atoms with Gasteiger partial charge in [0.1, 0.15) is 0 Å². The van der Waals surface area contributed by atoms with E-state index in [9.17, 15) is 0 Å². The summed E-state index contributed by atoms with van der Waals surface area (Å²) in [5.74, 6) is 0.957. The lowest BCUT2D eigenvalue weighted by Gasteiger charge is -2.23. The second-order valence-corrected chi connectivity index (χ2v) is 3.50. The smallest absolute Gasteiger partial charge is 0.0224 e. The molecule has 2 bridgehead atoms. The molecular weight excluding hydrogens is 124 g/mol. The zero-order chi connectivity index (χ0) is 6.97. The predicted octanol–water partition coefficient (Wildman–Crippen LogP) is 0.300. The van der Waals surface area contributed by atoms with Gasteiger partial charge in [-0.3, -0.25) is 4.90 Å². The topological polar surface area (TPSA) is 15.3 Å². The molecule has 2 saturated heterocycles. The molecule has 0 amide bonds. The van der Waals surface area contributed by atoms with Crippen LogP contribution in [0, 0.1) is 5.92 Å². The van der Waals surface area contributed by atoms with E-state index in [1.54, 1.807) is 0 Å². The van der Waals surface area contributed by atoms with Gasteiger partial charge in [0, 0.05) is 19.1 Å². The van der Waals surface area contributed by atoms with Crippen molar-refractivity contribution in [1.82, 2.24) is 10.2 Å². The summed E-state index contributed by atoms with van der Waals surface area (Å²) >= 11 is 0. The van der Waals surface area contributed by atoms with Crippen LogP contribution in [-0.4, -0.2) is 37.1 Å². The Bertz CT molecular complexity index is 124. The summed E-state index contributed by atoms with van der Waals surface area (Å²) in [4.78, 5) is 2.60. The largest absolute Gasteiger partial charge is 0.315 e. The van der Waals surface area contributed by atoms with Gasteiger partial charge in [0.2, 0.25) is 0 Å². The van der Waals surface area contributed by atoms with Crippen molar-refractivity contribution in [3.63, 3.8) is 0 Å². The van der Waals surface area contributed by atoms with Crippen molar-refractivity contribution in [2.75, 3.05) is 26.2 Å². The number of nitrogens with one attached hydrogen (secondary N) is 1. The van der Waals surface area contributed by atoms with Gasteiger partial charge in [0.15, 0.2) is 0 Å². The van der Waals surface area contributed by atoms with E-state index in [1.165, 1.54) is 32.6 Å². The van der Waals surface area contributed by atoms with E-state index in [-0.39, 0.29) is 0 Å². The summed E-state index contributed by atoms with van der Waals surface area (Å²) in [5.41, 5.74) is 0. The maximum atomic E-state index is 3.47. The van der Waals surface area contributed by atoms with Crippen molar-refractivity contribution in [3.8, 4) is 0 Å². The highest BCUT2D eigenvalue weighted by atomic mass is 15.2. The van der Waals surface area contributed by atoms with Crippen LogP contribution in [0.15, 0.2) is 0 Å². The molecule has 2 nitrogen and oxygen atoms in total. The molecule has 2 heterocycles. The molecule has 10 heavy (non-hydrogen) atoms. The lowest BCUT2D eigenvalue weighted by molar-refractivity contribution is 0.267. The highest BCUT2D eigenvalue weighted by Crippen LogP contribution is 2.24. The first-order valence-corrected chi connectivity index (χ1v) is 4.35. The van der Waals surface area contributed by atoms with Gasteiger partial charge in [0.25, 0.3) is 0 Å². The maximum absolute atomic E-state index is 3.47. The monoisotopic (exact) mass is 140 g/mol. The van der Waals surface area contributed by atoms with Crippen molar-refractivity contribution in [2.24, 2.45) is 5.92 Å². The summed E-state index contributed by atoms with van der Waals surface area (Å²) < 4.78 is 0. The number of piperidine rings is 1. The van der Waals surface area contributed by atoms with Gasteiger partial charge in [-0.1, -0.05) is 6.92 Å². The van der Waals surface area contributed by atoms with E-state index in [2.05, 4.69) is 17.1 Å². The second-order valence-electron chi connectivity index (χ2n) is 3.50. The van der Waals surface area contributed by atoms with Gasteiger partial charge >= 0.3 is 0 Å². The summed E-state index contributed by atoms with van der Waals surface area (Å²) in [6.45, 7) is 7.33. The Labute approximate surface area is 62.6 Å². The van der Waals surface area contributed by atoms with Crippen molar-refractivity contribution in [3.05, 3.63) is 0 Å². The maximum Gasteiger partial charge on any atom is 0.0224 e. The number of hydrogen-bond donors (Lipinski definition) is 1. The van der Waals surface area contributed by atoms with E-state index in [0.29, 0.717) is 0 Å². The first-order valence-electron chi connectivity index (χ1n) is 4.35. The molecule has 2 heteroatoms. The van der Waals surface area contributed by atoms with Gasteiger partial charge in [-0.2, -0.15) is 0 Å². The molecule has 0 aromatic carbocycles. The number of nitrogens with zero attached hydrogens (tertiary/aromatic N) is 1. The average molecular weight is 140 g/mol. The third-order valence-corrected chi connectivity index (χ3v) is 2.83. The van der Waals surface area contributed by atoms with Gasteiger partial charge in [-0.15, -0.1) is 0 Å². The lowest BCUT2D eigenvalue weighted by atomic mass is 10.0. The Morgan fingerprint density at radius 1 is 1.50 bits per heavy atom. The van der Waals surface area contributed by atoms with Gasteiger partial charge < -0.3 is 5.32 Å². The number of likely N-dealkylation sites (tertiary alicyclic amines) is 1. The van der Waals surface area contributed by atoms with Crippen LogP contribution in [-0.2, 0) is 0 Å². The van der Waals surface area contributed by atoms with Crippen molar-refractivity contribution >= 4 is 0 Å². The minimum atomic E-state index is 0.865. The fourth-order valence-electron chi connectivity index (χ4n) is 2.29. The van der Waals surface area contributed by atoms with Gasteiger partial charge in [-0.25, -0.2) is 0 Å². The zero-order valence-electron chi connectivity index (χ0n) is 6.64. The van der Waals surface area contributed by atoms with E-state index in [0.717, 1.165) is 12.0 Å². The summed E-state index contributed by atoms with van der Waals surface area (Å²) in [7, 11) is 0. The molecule has 2 atom stereocenters. The van der Waals surface area contributed by atoms with Crippen LogP contribution in [0.2, 0.25) is 0 Å². The third kappa shape index (κ3) is 0.956. The van der Waals surface area contributed by atoms with E-state index in [4.69, 9.17) is 0 Å². The fraction of sp³-hybridized carbons (Fsp3) is 1.00. The van der Waals surface area contributed by atoms with Crippen molar-refractivity contribution < 1.29 is 0 Å². The first-order chi connectivity index (χ1) is 4.90. The molecule has 0 saturated carbocycles. The summed E-state index contributed by atoms with van der Waals surface area (Å²) in [6.07, 6.45) is 1.45. The lowest BCUT2D eigenvalue weighted by Crippen LogP contribution is -2.38. The van der Waals surface area contributed by atoms with Crippen molar-refractivity contribution in [2.45, 2.75) is 19.4 Å². The SMILES string of the molecule is CCN1CC2CNCC1C2. The number of likely N-dealkylation sites (N-methyl/N-ethyl adjacent to an activating group) is 1. The molecule has 0 aromatic heterocycles. The normalized spacial score (nSPS) is 40.5. The molecule has 0 radical (unpaired) electrons. The summed E-state index contributed by atoms with van der Waals surface area (Å²) in [6, 6.07) is 0.865. The third-order valence-electron chi connectivity index (χ3n) is 2.83. The Hall–Kier alpha value is -0.0800. The molecular formula is C8H16N2.